The van der Waals surface area contributed by atoms with Crippen LogP contribution < -0.4 is 0 Å². The van der Waals surface area contributed by atoms with Crippen LogP contribution in [0.15, 0.2) is 22.9 Å². The zero-order valence-electron chi connectivity index (χ0n) is 11.5. The highest BCUT2D eigenvalue weighted by Crippen LogP contribution is 2.19. The number of carbonyl (C=O) groups is 1. The van der Waals surface area contributed by atoms with Gasteiger partial charge in [0.25, 0.3) is 5.91 Å². The molecule has 1 saturated heterocycles. The number of hydrogen-bond acceptors (Lipinski definition) is 3. The van der Waals surface area contributed by atoms with Crippen LogP contribution in [0.25, 0.3) is 0 Å². The number of piperidine rings is 1. The van der Waals surface area contributed by atoms with Gasteiger partial charge in [-0.3, -0.25) is 4.79 Å². The molecule has 0 aliphatic carbocycles. The third kappa shape index (κ3) is 3.76. The Hall–Kier alpha value is -0.940. The van der Waals surface area contributed by atoms with Gasteiger partial charge in [-0.2, -0.15) is 0 Å². The van der Waals surface area contributed by atoms with Crippen molar-refractivity contribution in [3.8, 4) is 0 Å². The number of rotatable bonds is 3. The van der Waals surface area contributed by atoms with Crippen LogP contribution in [0.4, 0.5) is 0 Å². The number of hydrogen-bond donors (Lipinski definition) is 0. The van der Waals surface area contributed by atoms with E-state index in [9.17, 15) is 4.79 Å². The molecule has 0 bridgehead atoms. The highest BCUT2D eigenvalue weighted by Gasteiger charge is 2.22. The molecular formula is C14H20BrN3O. The number of aromatic nitrogens is 1. The minimum absolute atomic E-state index is 0.0407. The van der Waals surface area contributed by atoms with E-state index in [1.165, 1.54) is 12.8 Å². The van der Waals surface area contributed by atoms with Crippen LogP contribution in [0.3, 0.4) is 0 Å². The fraction of sp³-hybridized carbons (Fsp3) is 0.571. The molecule has 1 fully saturated rings. The lowest BCUT2D eigenvalue weighted by Crippen LogP contribution is -2.38. The molecule has 1 amide bonds. The Morgan fingerprint density at radius 1 is 1.53 bits per heavy atom. The van der Waals surface area contributed by atoms with Gasteiger partial charge in [0.05, 0.1) is 5.56 Å². The van der Waals surface area contributed by atoms with Crippen LogP contribution in [0.5, 0.6) is 0 Å². The van der Waals surface area contributed by atoms with Gasteiger partial charge in [0.15, 0.2) is 0 Å². The summed E-state index contributed by atoms with van der Waals surface area (Å²) in [5.41, 5.74) is 0.637. The first-order valence-corrected chi connectivity index (χ1v) is 7.41. The number of amides is 1. The first-order valence-electron chi connectivity index (χ1n) is 6.62. The summed E-state index contributed by atoms with van der Waals surface area (Å²) < 4.78 is 0.621. The Kier molecular flexibility index (Phi) is 4.93. The van der Waals surface area contributed by atoms with E-state index in [-0.39, 0.29) is 5.91 Å². The average Bonchev–Trinajstić information content (AvgIpc) is 2.41. The smallest absolute Gasteiger partial charge is 0.256 e. The molecule has 2 heterocycles. The van der Waals surface area contributed by atoms with Crippen molar-refractivity contribution in [2.75, 3.05) is 33.7 Å². The monoisotopic (exact) mass is 325 g/mol. The highest BCUT2D eigenvalue weighted by atomic mass is 79.9. The molecule has 19 heavy (non-hydrogen) atoms. The van der Waals surface area contributed by atoms with Crippen molar-refractivity contribution in [1.82, 2.24) is 14.8 Å². The Labute approximate surface area is 122 Å². The standard InChI is InChI=1S/C14H20BrN3O/c1-17-8-5-11(6-9-17)10-18(2)14(19)12-4-3-7-16-13(12)15/h3-4,7,11H,5-6,8-10H2,1-2H3. The molecule has 1 aromatic rings. The number of carbonyl (C=O) groups excluding carboxylic acids is 1. The summed E-state index contributed by atoms with van der Waals surface area (Å²) in [6, 6.07) is 3.60. The van der Waals surface area contributed by atoms with E-state index < -0.39 is 0 Å². The summed E-state index contributed by atoms with van der Waals surface area (Å²) in [5.74, 6) is 0.652. The zero-order chi connectivity index (χ0) is 13.8. The van der Waals surface area contributed by atoms with Crippen molar-refractivity contribution in [2.45, 2.75) is 12.8 Å². The molecule has 0 saturated carbocycles. The predicted octanol–water partition coefficient (Wildman–Crippen LogP) is 2.26. The molecule has 1 aliphatic heterocycles. The molecule has 1 aromatic heterocycles. The van der Waals surface area contributed by atoms with E-state index >= 15 is 0 Å². The molecule has 2 rings (SSSR count). The van der Waals surface area contributed by atoms with Gasteiger partial charge < -0.3 is 9.80 Å². The maximum Gasteiger partial charge on any atom is 0.256 e. The number of nitrogens with zero attached hydrogens (tertiary/aromatic N) is 3. The van der Waals surface area contributed by atoms with Gasteiger partial charge in [-0.15, -0.1) is 0 Å². The van der Waals surface area contributed by atoms with Gasteiger partial charge in [0.1, 0.15) is 4.60 Å². The highest BCUT2D eigenvalue weighted by molar-refractivity contribution is 9.10. The summed E-state index contributed by atoms with van der Waals surface area (Å²) >= 11 is 3.33. The largest absolute Gasteiger partial charge is 0.341 e. The van der Waals surface area contributed by atoms with Crippen molar-refractivity contribution in [2.24, 2.45) is 5.92 Å². The van der Waals surface area contributed by atoms with E-state index in [0.717, 1.165) is 19.6 Å². The van der Waals surface area contributed by atoms with Crippen LogP contribution in [0.2, 0.25) is 0 Å². The van der Waals surface area contributed by atoms with Gasteiger partial charge in [0, 0.05) is 19.8 Å². The van der Waals surface area contributed by atoms with Gasteiger partial charge in [-0.05, 0) is 67.0 Å². The Morgan fingerprint density at radius 3 is 2.84 bits per heavy atom. The van der Waals surface area contributed by atoms with Crippen LogP contribution in [0.1, 0.15) is 23.2 Å². The molecule has 0 unspecified atom stereocenters. The zero-order valence-corrected chi connectivity index (χ0v) is 13.1. The van der Waals surface area contributed by atoms with Crippen molar-refractivity contribution in [3.63, 3.8) is 0 Å². The third-order valence-corrected chi connectivity index (χ3v) is 4.34. The van der Waals surface area contributed by atoms with E-state index in [2.05, 4.69) is 32.9 Å². The first-order chi connectivity index (χ1) is 9.08. The van der Waals surface area contributed by atoms with Gasteiger partial charge in [0.2, 0.25) is 0 Å². The summed E-state index contributed by atoms with van der Waals surface area (Å²) in [4.78, 5) is 20.6. The Morgan fingerprint density at radius 2 is 2.21 bits per heavy atom. The number of halogens is 1. The van der Waals surface area contributed by atoms with E-state index in [4.69, 9.17) is 0 Å². The first kappa shape index (κ1) is 14.5. The lowest BCUT2D eigenvalue weighted by atomic mass is 9.96. The number of pyridine rings is 1. The van der Waals surface area contributed by atoms with Crippen LogP contribution in [-0.2, 0) is 0 Å². The maximum atomic E-state index is 12.3. The summed E-state index contributed by atoms with van der Waals surface area (Å²) in [5, 5.41) is 0. The van der Waals surface area contributed by atoms with Crippen molar-refractivity contribution in [3.05, 3.63) is 28.5 Å². The van der Waals surface area contributed by atoms with Crippen LogP contribution >= 0.6 is 15.9 Å². The quantitative estimate of drug-likeness (QED) is 0.800. The summed E-state index contributed by atoms with van der Waals surface area (Å²) in [6.07, 6.45) is 4.02. The van der Waals surface area contributed by atoms with Gasteiger partial charge >= 0.3 is 0 Å². The Bertz CT molecular complexity index is 444. The van der Waals surface area contributed by atoms with Crippen molar-refractivity contribution < 1.29 is 4.79 Å². The maximum absolute atomic E-state index is 12.3. The lowest BCUT2D eigenvalue weighted by molar-refractivity contribution is 0.0746. The SMILES string of the molecule is CN1CCC(CN(C)C(=O)c2cccnc2Br)CC1. The normalized spacial score (nSPS) is 17.4. The molecular weight excluding hydrogens is 306 g/mol. The van der Waals surface area contributed by atoms with E-state index in [1.807, 2.05) is 18.0 Å². The van der Waals surface area contributed by atoms with Crippen molar-refractivity contribution in [1.29, 1.82) is 0 Å². The molecule has 104 valence electrons. The molecule has 5 heteroatoms. The lowest BCUT2D eigenvalue weighted by Gasteiger charge is -2.31. The summed E-state index contributed by atoms with van der Waals surface area (Å²) in [7, 11) is 4.03. The van der Waals surface area contributed by atoms with E-state index in [0.29, 0.717) is 16.1 Å². The molecule has 0 radical (unpaired) electrons. The second kappa shape index (κ2) is 6.48. The van der Waals surface area contributed by atoms with Crippen LogP contribution in [0, 0.1) is 5.92 Å². The number of likely N-dealkylation sites (tertiary alicyclic amines) is 1. The minimum atomic E-state index is 0.0407. The fourth-order valence-corrected chi connectivity index (χ4v) is 2.89. The fourth-order valence-electron chi connectivity index (χ4n) is 2.47. The van der Waals surface area contributed by atoms with Crippen LogP contribution in [-0.4, -0.2) is 54.4 Å². The van der Waals surface area contributed by atoms with Crippen molar-refractivity contribution >= 4 is 21.8 Å². The molecule has 0 spiro atoms. The summed E-state index contributed by atoms with van der Waals surface area (Å²) in [6.45, 7) is 3.08. The Balaban J connectivity index is 1.94. The third-order valence-electron chi connectivity index (χ3n) is 3.71. The molecule has 0 aromatic carbocycles. The second-order valence-corrected chi connectivity index (χ2v) is 6.03. The average molecular weight is 326 g/mol. The molecule has 4 nitrogen and oxygen atoms in total. The topological polar surface area (TPSA) is 36.4 Å². The van der Waals surface area contributed by atoms with Gasteiger partial charge in [-0.1, -0.05) is 0 Å². The molecule has 0 N–H and O–H groups in total. The predicted molar refractivity (Wildman–Crippen MR) is 79.1 cm³/mol. The van der Waals surface area contributed by atoms with E-state index in [1.54, 1.807) is 12.3 Å². The molecule has 1 aliphatic rings. The minimum Gasteiger partial charge on any atom is -0.341 e. The van der Waals surface area contributed by atoms with Gasteiger partial charge in [-0.25, -0.2) is 4.98 Å². The molecule has 0 atom stereocenters. The second-order valence-electron chi connectivity index (χ2n) is 5.27.